The van der Waals surface area contributed by atoms with E-state index in [1.807, 2.05) is 19.1 Å². The highest BCUT2D eigenvalue weighted by Gasteiger charge is 2.19. The van der Waals surface area contributed by atoms with E-state index in [1.165, 1.54) is 27.8 Å². The fourth-order valence-electron chi connectivity index (χ4n) is 2.81. The molecular formula is C19H18F2OS. The van der Waals surface area contributed by atoms with Crippen LogP contribution in [-0.2, 0) is 11.2 Å². The van der Waals surface area contributed by atoms with E-state index in [1.54, 1.807) is 17.4 Å². The van der Waals surface area contributed by atoms with Crippen LogP contribution in [0.4, 0.5) is 8.78 Å². The van der Waals surface area contributed by atoms with Gasteiger partial charge in [0.15, 0.2) is 11.6 Å². The second kappa shape index (κ2) is 6.77. The van der Waals surface area contributed by atoms with E-state index < -0.39 is 11.6 Å². The van der Waals surface area contributed by atoms with Gasteiger partial charge < -0.3 is 4.74 Å². The summed E-state index contributed by atoms with van der Waals surface area (Å²) in [4.78, 5) is 1.15. The fraction of sp³-hybridized carbons (Fsp3) is 0.263. The smallest absolute Gasteiger partial charge is 0.159 e. The Morgan fingerprint density at radius 3 is 2.57 bits per heavy atom. The first-order chi connectivity index (χ1) is 11.1. The predicted octanol–water partition coefficient (Wildman–Crippen LogP) is 5.81. The summed E-state index contributed by atoms with van der Waals surface area (Å²) in [6.45, 7) is 4.61. The molecule has 4 heteroatoms. The zero-order valence-electron chi connectivity index (χ0n) is 13.1. The number of thiophene rings is 1. The Hall–Kier alpha value is -1.78. The molecule has 0 spiro atoms. The molecule has 2 aromatic carbocycles. The van der Waals surface area contributed by atoms with Gasteiger partial charge in [0.05, 0.1) is 6.10 Å². The highest BCUT2D eigenvalue weighted by atomic mass is 32.1. The van der Waals surface area contributed by atoms with Gasteiger partial charge >= 0.3 is 0 Å². The minimum absolute atomic E-state index is 0.151. The molecule has 0 saturated carbocycles. The van der Waals surface area contributed by atoms with Crippen LogP contribution in [0.3, 0.4) is 0 Å². The van der Waals surface area contributed by atoms with Crippen molar-refractivity contribution in [1.29, 1.82) is 0 Å². The van der Waals surface area contributed by atoms with Crippen molar-refractivity contribution < 1.29 is 13.5 Å². The summed E-state index contributed by atoms with van der Waals surface area (Å²) in [5.41, 5.74) is 1.94. The second-order valence-electron chi connectivity index (χ2n) is 5.48. The average Bonchev–Trinajstić information content (AvgIpc) is 2.88. The van der Waals surface area contributed by atoms with Crippen molar-refractivity contribution in [3.63, 3.8) is 0 Å². The molecule has 0 fully saturated rings. The van der Waals surface area contributed by atoms with E-state index in [9.17, 15) is 8.78 Å². The van der Waals surface area contributed by atoms with Crippen LogP contribution in [0.5, 0.6) is 0 Å². The topological polar surface area (TPSA) is 9.23 Å². The van der Waals surface area contributed by atoms with Gasteiger partial charge in [0, 0.05) is 22.6 Å². The molecule has 0 N–H and O–H groups in total. The third-order valence-corrected chi connectivity index (χ3v) is 5.31. The summed E-state index contributed by atoms with van der Waals surface area (Å²) < 4.78 is 33.7. The minimum atomic E-state index is -0.820. The first-order valence-electron chi connectivity index (χ1n) is 7.63. The lowest BCUT2D eigenvalue weighted by molar-refractivity contribution is 0.0649. The molecule has 1 heterocycles. The van der Waals surface area contributed by atoms with E-state index in [2.05, 4.69) is 19.1 Å². The van der Waals surface area contributed by atoms with E-state index in [0.717, 1.165) is 10.4 Å². The van der Waals surface area contributed by atoms with Crippen molar-refractivity contribution in [3.05, 3.63) is 70.1 Å². The fourth-order valence-corrected chi connectivity index (χ4v) is 4.07. The first-order valence-corrected chi connectivity index (χ1v) is 8.45. The SMILES string of the molecule is CCOC(Cc1ccc(F)c(F)c1)c1sc2ccccc2c1C. The van der Waals surface area contributed by atoms with Gasteiger partial charge in [0.1, 0.15) is 0 Å². The Morgan fingerprint density at radius 2 is 1.87 bits per heavy atom. The average molecular weight is 332 g/mol. The van der Waals surface area contributed by atoms with Crippen LogP contribution in [0.1, 0.15) is 29.0 Å². The molecule has 0 radical (unpaired) electrons. The van der Waals surface area contributed by atoms with Gasteiger partial charge in [-0.2, -0.15) is 0 Å². The number of hydrogen-bond acceptors (Lipinski definition) is 2. The molecule has 3 rings (SSSR count). The van der Waals surface area contributed by atoms with Crippen molar-refractivity contribution in [1.82, 2.24) is 0 Å². The maximum Gasteiger partial charge on any atom is 0.159 e. The molecule has 0 aliphatic heterocycles. The van der Waals surface area contributed by atoms with Crippen molar-refractivity contribution in [2.75, 3.05) is 6.61 Å². The zero-order valence-corrected chi connectivity index (χ0v) is 13.9. The summed E-state index contributed by atoms with van der Waals surface area (Å²) in [6.07, 6.45) is 0.376. The van der Waals surface area contributed by atoms with Gasteiger partial charge in [-0.1, -0.05) is 24.3 Å². The molecule has 1 nitrogen and oxygen atoms in total. The third-order valence-electron chi connectivity index (χ3n) is 3.95. The molecule has 0 aliphatic rings. The Labute approximate surface area is 138 Å². The molecule has 0 amide bonds. The van der Waals surface area contributed by atoms with Crippen molar-refractivity contribution in [2.45, 2.75) is 26.4 Å². The third kappa shape index (κ3) is 3.28. The summed E-state index contributed by atoms with van der Waals surface area (Å²) in [5, 5.41) is 1.22. The maximum atomic E-state index is 13.5. The predicted molar refractivity (Wildman–Crippen MR) is 91.0 cm³/mol. The molecule has 1 atom stereocenters. The summed E-state index contributed by atoms with van der Waals surface area (Å²) in [6, 6.07) is 12.3. The Kier molecular flexibility index (Phi) is 4.74. The van der Waals surface area contributed by atoms with Gasteiger partial charge in [-0.15, -0.1) is 11.3 Å². The molecule has 23 heavy (non-hydrogen) atoms. The quantitative estimate of drug-likeness (QED) is 0.573. The number of halogens is 2. The van der Waals surface area contributed by atoms with E-state index >= 15 is 0 Å². The number of aryl methyl sites for hydroxylation is 1. The van der Waals surface area contributed by atoms with Crippen molar-refractivity contribution in [2.24, 2.45) is 0 Å². The van der Waals surface area contributed by atoms with Crippen LogP contribution in [-0.4, -0.2) is 6.61 Å². The molecule has 0 aliphatic carbocycles. The maximum absolute atomic E-state index is 13.5. The molecule has 0 bridgehead atoms. The van der Waals surface area contributed by atoms with Crippen LogP contribution in [0.2, 0.25) is 0 Å². The van der Waals surface area contributed by atoms with E-state index in [4.69, 9.17) is 4.74 Å². The van der Waals surface area contributed by atoms with Gasteiger partial charge in [0.25, 0.3) is 0 Å². The number of fused-ring (bicyclic) bond motifs is 1. The molecular weight excluding hydrogens is 314 g/mol. The summed E-state index contributed by atoms with van der Waals surface area (Å²) in [5.74, 6) is -1.63. The lowest BCUT2D eigenvalue weighted by Gasteiger charge is -2.17. The highest BCUT2D eigenvalue weighted by molar-refractivity contribution is 7.19. The summed E-state index contributed by atoms with van der Waals surface area (Å²) in [7, 11) is 0. The number of rotatable bonds is 5. The highest BCUT2D eigenvalue weighted by Crippen LogP contribution is 2.37. The van der Waals surface area contributed by atoms with Gasteiger partial charge in [0.2, 0.25) is 0 Å². The molecule has 3 aromatic rings. The standard InChI is InChI=1S/C19H18F2OS/c1-3-22-17(11-13-8-9-15(20)16(21)10-13)19-12(2)14-6-4-5-7-18(14)23-19/h4-10,17H,3,11H2,1-2H3. The van der Waals surface area contributed by atoms with Crippen LogP contribution in [0.15, 0.2) is 42.5 Å². The van der Waals surface area contributed by atoms with Crippen molar-refractivity contribution >= 4 is 21.4 Å². The van der Waals surface area contributed by atoms with E-state index in [-0.39, 0.29) is 6.10 Å². The van der Waals surface area contributed by atoms with Crippen molar-refractivity contribution in [3.8, 4) is 0 Å². The lowest BCUT2D eigenvalue weighted by Crippen LogP contribution is -2.08. The van der Waals surface area contributed by atoms with Gasteiger partial charge in [-0.25, -0.2) is 8.78 Å². The molecule has 0 saturated heterocycles. The van der Waals surface area contributed by atoms with Crippen LogP contribution < -0.4 is 0 Å². The minimum Gasteiger partial charge on any atom is -0.373 e. The largest absolute Gasteiger partial charge is 0.373 e. The second-order valence-corrected chi connectivity index (χ2v) is 6.57. The van der Waals surface area contributed by atoms with Gasteiger partial charge in [-0.3, -0.25) is 0 Å². The molecule has 1 aromatic heterocycles. The lowest BCUT2D eigenvalue weighted by atomic mass is 10.0. The van der Waals surface area contributed by atoms with Crippen LogP contribution in [0.25, 0.3) is 10.1 Å². The molecule has 1 unspecified atom stereocenters. The monoisotopic (exact) mass is 332 g/mol. The van der Waals surface area contributed by atoms with Gasteiger partial charge in [-0.05, 0) is 48.6 Å². The first kappa shape index (κ1) is 16.1. The molecule has 120 valence electrons. The van der Waals surface area contributed by atoms with Crippen LogP contribution in [0, 0.1) is 18.6 Å². The zero-order chi connectivity index (χ0) is 16.4. The Balaban J connectivity index is 1.96. The number of ether oxygens (including phenoxy) is 1. The Morgan fingerprint density at radius 1 is 1.09 bits per heavy atom. The number of hydrogen-bond donors (Lipinski definition) is 0. The summed E-state index contributed by atoms with van der Waals surface area (Å²) >= 11 is 1.71. The van der Waals surface area contributed by atoms with Crippen LogP contribution >= 0.6 is 11.3 Å². The van der Waals surface area contributed by atoms with E-state index in [0.29, 0.717) is 13.0 Å². The normalized spacial score (nSPS) is 12.7. The Bertz CT molecular complexity index is 825. The number of benzene rings is 2.